The van der Waals surface area contributed by atoms with Crippen LogP contribution in [0.5, 0.6) is 0 Å². The van der Waals surface area contributed by atoms with Crippen LogP contribution in [0.4, 0.5) is 0 Å². The number of nitrogens with one attached hydrogen (secondary N) is 3. The van der Waals surface area contributed by atoms with Crippen LogP contribution >= 0.6 is 0 Å². The number of aliphatic hydroxyl groups excluding tert-OH is 3. The minimum Gasteiger partial charge on any atom is -0.396 e. The molecule has 1 heterocycles. The molecule has 7 N–H and O–H groups in total. The van der Waals surface area contributed by atoms with Crippen molar-refractivity contribution in [1.29, 1.82) is 0 Å². The molecule has 9 nitrogen and oxygen atoms in total. The fourth-order valence-electron chi connectivity index (χ4n) is 11.2. The Hall–Kier alpha value is -2.99. The van der Waals surface area contributed by atoms with Gasteiger partial charge in [0.2, 0.25) is 0 Å². The molecular formula is C49H73N3O6. The molecule has 1 aromatic carbocycles. The standard InChI is InChI=1S/C49H73N3O6/c1-34-13-14-40(28-37-10-8-11-38(27-37)29-47(52-31-34,20-23-50-4)22-26-58-6)35(2)9-7-12-42(33-55)43-17-19-49(46(43)56)45-39(18-25-53)15-16-41(44(45)36(3)32-54)30-48(49,57)21-24-51-5/h7-13,15-16,27,32,39-41,43,45-46,50-53,55-57H,2,14,17-26,28-31,33H2,1,3-6H3/b9-7+,34-13+,42-12-,44-36?/t39-,40+,41+,43+,45+,46-,47-,48-,49-/m1/s1. The van der Waals surface area contributed by atoms with Crippen LogP contribution < -0.4 is 16.0 Å². The summed E-state index contributed by atoms with van der Waals surface area (Å²) in [6.07, 6.45) is 19.4. The lowest BCUT2D eigenvalue weighted by atomic mass is 9.45. The van der Waals surface area contributed by atoms with E-state index in [2.05, 4.69) is 71.9 Å². The zero-order valence-electron chi connectivity index (χ0n) is 35.9. The molecule has 5 rings (SSSR count). The minimum atomic E-state index is -1.22. The second kappa shape index (κ2) is 21.0. The van der Waals surface area contributed by atoms with Gasteiger partial charge in [-0.1, -0.05) is 84.0 Å². The van der Waals surface area contributed by atoms with E-state index in [9.17, 15) is 25.2 Å². The fraction of sp³-hybridized carbons (Fsp3) is 0.612. The quantitative estimate of drug-likeness (QED) is 0.0467. The zero-order chi connectivity index (χ0) is 41.9. The molecule has 58 heavy (non-hydrogen) atoms. The smallest absolute Gasteiger partial charge is 0.145 e. The summed E-state index contributed by atoms with van der Waals surface area (Å²) in [6, 6.07) is 8.97. The third-order valence-corrected chi connectivity index (χ3v) is 14.3. The number of carbonyl (C=O) groups excluding carboxylic acids is 1. The summed E-state index contributed by atoms with van der Waals surface area (Å²) in [5.74, 6) is -0.780. The molecule has 0 saturated heterocycles. The van der Waals surface area contributed by atoms with Crippen LogP contribution in [0.25, 0.3) is 0 Å². The van der Waals surface area contributed by atoms with Crippen molar-refractivity contribution in [2.24, 2.45) is 35.0 Å². The molecule has 320 valence electrons. The van der Waals surface area contributed by atoms with Crippen molar-refractivity contribution in [3.05, 3.63) is 106 Å². The first-order valence-corrected chi connectivity index (χ1v) is 21.7. The Bertz CT molecular complexity index is 1700. The van der Waals surface area contributed by atoms with Crippen LogP contribution in [-0.4, -0.2) is 105 Å². The average Bonchev–Trinajstić information content (AvgIpc) is 3.57. The van der Waals surface area contributed by atoms with Gasteiger partial charge in [0.25, 0.3) is 0 Å². The maximum absolute atomic E-state index is 12.8. The Morgan fingerprint density at radius 3 is 2.57 bits per heavy atom. The number of benzene rings is 1. The van der Waals surface area contributed by atoms with E-state index in [4.69, 9.17) is 4.74 Å². The summed E-state index contributed by atoms with van der Waals surface area (Å²) in [5.41, 5.74) is 4.96. The first-order valence-electron chi connectivity index (χ1n) is 21.7. The highest BCUT2D eigenvalue weighted by Gasteiger charge is 2.68. The summed E-state index contributed by atoms with van der Waals surface area (Å²) in [4.78, 5) is 12.3. The van der Waals surface area contributed by atoms with Crippen molar-refractivity contribution < 1.29 is 30.0 Å². The normalized spacial score (nSPS) is 34.7. The number of ether oxygens (including phenoxy) is 1. The number of rotatable bonds is 17. The van der Waals surface area contributed by atoms with Crippen molar-refractivity contribution in [3.8, 4) is 0 Å². The summed E-state index contributed by atoms with van der Waals surface area (Å²) in [7, 11) is 5.65. The molecule has 4 bridgehead atoms. The number of fused-ring (bicyclic) bond motifs is 5. The third kappa shape index (κ3) is 9.96. The molecule has 9 atom stereocenters. The maximum Gasteiger partial charge on any atom is 0.145 e. The summed E-state index contributed by atoms with van der Waals surface area (Å²) in [5, 5.41) is 57.0. The molecule has 9 heteroatoms. The Kier molecular flexibility index (Phi) is 16.7. The molecular weight excluding hydrogens is 727 g/mol. The van der Waals surface area contributed by atoms with Crippen molar-refractivity contribution in [1.82, 2.24) is 16.0 Å². The second-order valence-electron chi connectivity index (χ2n) is 17.9. The van der Waals surface area contributed by atoms with Gasteiger partial charge in [0.1, 0.15) is 6.29 Å². The number of aldehydes is 1. The van der Waals surface area contributed by atoms with Gasteiger partial charge in [0.05, 0.1) is 18.3 Å². The molecule has 1 spiro atoms. The monoisotopic (exact) mass is 800 g/mol. The lowest BCUT2D eigenvalue weighted by Gasteiger charge is -2.61. The largest absolute Gasteiger partial charge is 0.396 e. The van der Waals surface area contributed by atoms with Crippen LogP contribution in [0, 0.1) is 35.0 Å². The van der Waals surface area contributed by atoms with E-state index in [1.54, 1.807) is 7.11 Å². The molecule has 2 fully saturated rings. The van der Waals surface area contributed by atoms with Crippen molar-refractivity contribution in [2.45, 2.75) is 95.3 Å². The molecule has 0 radical (unpaired) electrons. The molecule has 0 unspecified atom stereocenters. The van der Waals surface area contributed by atoms with E-state index in [0.29, 0.717) is 50.8 Å². The highest BCUT2D eigenvalue weighted by Crippen LogP contribution is 2.67. The third-order valence-electron chi connectivity index (χ3n) is 14.3. The highest BCUT2D eigenvalue weighted by atomic mass is 16.5. The highest BCUT2D eigenvalue weighted by molar-refractivity contribution is 5.74. The van der Waals surface area contributed by atoms with Gasteiger partial charge in [-0.05, 0) is 145 Å². The summed E-state index contributed by atoms with van der Waals surface area (Å²) < 4.78 is 5.57. The Labute approximate surface area is 348 Å². The van der Waals surface area contributed by atoms with Crippen molar-refractivity contribution >= 4 is 6.29 Å². The van der Waals surface area contributed by atoms with Crippen LogP contribution in [0.15, 0.2) is 95.2 Å². The molecule has 4 aliphatic rings. The molecule has 0 amide bonds. The van der Waals surface area contributed by atoms with Gasteiger partial charge in [-0.3, -0.25) is 4.79 Å². The topological polar surface area (TPSA) is 143 Å². The van der Waals surface area contributed by atoms with Crippen molar-refractivity contribution in [3.63, 3.8) is 0 Å². The summed E-state index contributed by atoms with van der Waals surface area (Å²) >= 11 is 0. The summed E-state index contributed by atoms with van der Waals surface area (Å²) in [6.45, 7) is 11.3. The number of carbonyl (C=O) groups is 1. The fourth-order valence-corrected chi connectivity index (χ4v) is 11.2. The van der Waals surface area contributed by atoms with Gasteiger partial charge in [0.15, 0.2) is 0 Å². The van der Waals surface area contributed by atoms with Gasteiger partial charge in [-0.25, -0.2) is 0 Å². The van der Waals surface area contributed by atoms with E-state index in [-0.39, 0.29) is 48.3 Å². The second-order valence-corrected chi connectivity index (χ2v) is 17.9. The lowest BCUT2D eigenvalue weighted by Crippen LogP contribution is -2.65. The molecule has 1 aliphatic heterocycles. The number of aliphatic hydroxyl groups is 4. The maximum atomic E-state index is 12.8. The van der Waals surface area contributed by atoms with Gasteiger partial charge >= 0.3 is 0 Å². The van der Waals surface area contributed by atoms with Crippen LogP contribution in [-0.2, 0) is 22.4 Å². The van der Waals surface area contributed by atoms with Crippen LogP contribution in [0.2, 0.25) is 0 Å². The van der Waals surface area contributed by atoms with Gasteiger partial charge in [-0.15, -0.1) is 0 Å². The first kappa shape index (κ1) is 46.1. The average molecular weight is 800 g/mol. The van der Waals surface area contributed by atoms with Crippen LogP contribution in [0.3, 0.4) is 0 Å². The molecule has 0 aromatic heterocycles. The Balaban J connectivity index is 1.42. The van der Waals surface area contributed by atoms with E-state index < -0.39 is 17.1 Å². The first-order chi connectivity index (χ1) is 27.9. The number of methoxy groups -OCH3 is 1. The van der Waals surface area contributed by atoms with E-state index in [0.717, 1.165) is 68.2 Å². The molecule has 1 aromatic rings. The van der Waals surface area contributed by atoms with E-state index in [1.165, 1.54) is 16.7 Å². The minimum absolute atomic E-state index is 0.0319. The SMILES string of the molecule is C=C(/C=C/C=C(/CO)[C@@H]1CC[C@]2([C@@H]1O)[C@@H]1C(=C(C)C=O)[C@@H](C=C[C@@H]1CCO)C[C@]2(O)CCNC)[C@H]1C/C=C(\C)CN[C@](CCNC)(CCOC)Cc2cccc(c2)C1. The van der Waals surface area contributed by atoms with Crippen molar-refractivity contribution in [2.75, 3.05) is 60.7 Å². The Morgan fingerprint density at radius 2 is 1.86 bits per heavy atom. The zero-order valence-corrected chi connectivity index (χ0v) is 35.9. The van der Waals surface area contributed by atoms with E-state index >= 15 is 0 Å². The van der Waals surface area contributed by atoms with E-state index in [1.807, 2.05) is 39.2 Å². The molecule has 3 aliphatic carbocycles. The Morgan fingerprint density at radius 1 is 1.10 bits per heavy atom. The molecule has 2 saturated carbocycles. The van der Waals surface area contributed by atoms with Gasteiger partial charge in [-0.2, -0.15) is 0 Å². The number of allylic oxidation sites excluding steroid dienone is 9. The van der Waals surface area contributed by atoms with Gasteiger partial charge in [0, 0.05) is 49.7 Å². The predicted molar refractivity (Wildman–Crippen MR) is 234 cm³/mol. The number of hydrogen-bond acceptors (Lipinski definition) is 9. The predicted octanol–water partition coefficient (Wildman–Crippen LogP) is 5.56. The lowest BCUT2D eigenvalue weighted by molar-refractivity contribution is -0.194. The van der Waals surface area contributed by atoms with Gasteiger partial charge < -0.3 is 41.1 Å². The van der Waals surface area contributed by atoms with Crippen LogP contribution in [0.1, 0.15) is 76.3 Å². The number of hydrogen-bond donors (Lipinski definition) is 7.